The van der Waals surface area contributed by atoms with Gasteiger partial charge in [-0.05, 0) is 22.6 Å². The second kappa shape index (κ2) is 4.08. The highest BCUT2D eigenvalue weighted by Gasteiger charge is 2.05. The lowest BCUT2D eigenvalue weighted by Gasteiger charge is -2.11. The average molecular weight is 172 g/mol. The van der Waals surface area contributed by atoms with Gasteiger partial charge < -0.3 is 0 Å². The predicted octanol–water partition coefficient (Wildman–Crippen LogP) is 4.10. The zero-order chi connectivity index (χ0) is 9.84. The first-order chi connectivity index (χ1) is 6.20. The zero-order valence-corrected chi connectivity index (χ0v) is 8.38. The molecule has 0 aromatic heterocycles. The molecule has 0 bridgehead atoms. The lowest BCUT2D eigenvalue weighted by Crippen LogP contribution is -1.93. The van der Waals surface area contributed by atoms with Gasteiger partial charge >= 0.3 is 0 Å². The molecule has 0 aliphatic carbocycles. The van der Waals surface area contributed by atoms with Gasteiger partial charge in [-0.15, -0.1) is 0 Å². The molecule has 0 amide bonds. The maximum absolute atomic E-state index is 3.83. The monoisotopic (exact) mass is 172 g/mol. The summed E-state index contributed by atoms with van der Waals surface area (Å²) in [6, 6.07) is 6.28. The maximum Gasteiger partial charge on any atom is -0.0155 e. The van der Waals surface area contributed by atoms with Gasteiger partial charge in [0.15, 0.2) is 0 Å². The fourth-order valence-corrected chi connectivity index (χ4v) is 1.52. The SMILES string of the molecule is C=Cc1cccc(C(C)C)c1C=C. The molecule has 0 heteroatoms. The minimum atomic E-state index is 0.535. The quantitative estimate of drug-likeness (QED) is 0.644. The Balaban J connectivity index is 3.35. The van der Waals surface area contributed by atoms with Crippen LogP contribution in [0.2, 0.25) is 0 Å². The largest absolute Gasteiger partial charge is 0.0984 e. The predicted molar refractivity (Wildman–Crippen MR) is 60.7 cm³/mol. The summed E-state index contributed by atoms with van der Waals surface area (Å²) in [7, 11) is 0. The van der Waals surface area contributed by atoms with Crippen LogP contribution in [-0.4, -0.2) is 0 Å². The average Bonchev–Trinajstić information content (AvgIpc) is 2.16. The van der Waals surface area contributed by atoms with Gasteiger partial charge in [0.05, 0.1) is 0 Å². The highest BCUT2D eigenvalue weighted by Crippen LogP contribution is 2.24. The van der Waals surface area contributed by atoms with E-state index in [2.05, 4.69) is 45.2 Å². The summed E-state index contributed by atoms with van der Waals surface area (Å²) in [6.45, 7) is 12.0. The van der Waals surface area contributed by atoms with Gasteiger partial charge in [-0.3, -0.25) is 0 Å². The first-order valence-corrected chi connectivity index (χ1v) is 4.58. The van der Waals surface area contributed by atoms with E-state index in [1.807, 2.05) is 12.2 Å². The molecule has 0 unspecified atom stereocenters. The molecule has 0 fully saturated rings. The first kappa shape index (κ1) is 9.79. The van der Waals surface area contributed by atoms with Crippen molar-refractivity contribution in [2.24, 2.45) is 0 Å². The van der Waals surface area contributed by atoms with Gasteiger partial charge in [-0.25, -0.2) is 0 Å². The molecule has 13 heavy (non-hydrogen) atoms. The van der Waals surface area contributed by atoms with Gasteiger partial charge in [-0.1, -0.05) is 57.4 Å². The van der Waals surface area contributed by atoms with Crippen LogP contribution in [0.4, 0.5) is 0 Å². The molecule has 0 aliphatic rings. The molecule has 0 radical (unpaired) electrons. The van der Waals surface area contributed by atoms with Crippen LogP contribution in [-0.2, 0) is 0 Å². The summed E-state index contributed by atoms with van der Waals surface area (Å²) >= 11 is 0. The Morgan fingerprint density at radius 1 is 1.15 bits per heavy atom. The van der Waals surface area contributed by atoms with Crippen LogP contribution in [0.5, 0.6) is 0 Å². The fourth-order valence-electron chi connectivity index (χ4n) is 1.52. The molecule has 0 saturated carbocycles. The van der Waals surface area contributed by atoms with Crippen molar-refractivity contribution in [3.8, 4) is 0 Å². The highest BCUT2D eigenvalue weighted by atomic mass is 14.1. The van der Waals surface area contributed by atoms with Crippen LogP contribution >= 0.6 is 0 Å². The second-order valence-electron chi connectivity index (χ2n) is 3.41. The molecule has 0 aliphatic heterocycles. The molecule has 0 atom stereocenters. The van der Waals surface area contributed by atoms with E-state index in [4.69, 9.17) is 0 Å². The molecular formula is C13H16. The standard InChI is InChI=1S/C13H16/c1-5-11-8-7-9-13(10(3)4)12(11)6-2/h5-10H,1-2H2,3-4H3. The van der Waals surface area contributed by atoms with Gasteiger partial charge in [0, 0.05) is 0 Å². The Hall–Kier alpha value is -1.30. The molecule has 1 aromatic rings. The van der Waals surface area contributed by atoms with Crippen molar-refractivity contribution in [1.82, 2.24) is 0 Å². The third kappa shape index (κ3) is 1.89. The van der Waals surface area contributed by atoms with E-state index in [1.54, 1.807) is 0 Å². The van der Waals surface area contributed by atoms with Crippen LogP contribution in [0.25, 0.3) is 12.2 Å². The van der Waals surface area contributed by atoms with E-state index in [-0.39, 0.29) is 0 Å². The summed E-state index contributed by atoms with van der Waals surface area (Å²) in [5.74, 6) is 0.535. The molecular weight excluding hydrogens is 156 g/mol. The lowest BCUT2D eigenvalue weighted by atomic mass is 9.93. The molecule has 1 rings (SSSR count). The summed E-state index contributed by atoms with van der Waals surface area (Å²) < 4.78 is 0. The summed E-state index contributed by atoms with van der Waals surface area (Å²) in [4.78, 5) is 0. The molecule has 0 nitrogen and oxygen atoms in total. The Morgan fingerprint density at radius 2 is 1.85 bits per heavy atom. The van der Waals surface area contributed by atoms with Crippen LogP contribution < -0.4 is 0 Å². The maximum atomic E-state index is 3.83. The van der Waals surface area contributed by atoms with Crippen LogP contribution in [0.3, 0.4) is 0 Å². The Kier molecular flexibility index (Phi) is 3.07. The van der Waals surface area contributed by atoms with E-state index < -0.39 is 0 Å². The second-order valence-corrected chi connectivity index (χ2v) is 3.41. The van der Waals surface area contributed by atoms with Crippen molar-refractivity contribution in [2.75, 3.05) is 0 Å². The van der Waals surface area contributed by atoms with Crippen molar-refractivity contribution >= 4 is 12.2 Å². The topological polar surface area (TPSA) is 0 Å². The van der Waals surface area contributed by atoms with Gasteiger partial charge in [-0.2, -0.15) is 0 Å². The Bertz CT molecular complexity index is 319. The number of hydrogen-bond acceptors (Lipinski definition) is 0. The summed E-state index contributed by atoms with van der Waals surface area (Å²) in [5, 5.41) is 0. The van der Waals surface area contributed by atoms with Gasteiger partial charge in [0.25, 0.3) is 0 Å². The van der Waals surface area contributed by atoms with E-state index in [0.29, 0.717) is 5.92 Å². The van der Waals surface area contributed by atoms with E-state index >= 15 is 0 Å². The molecule has 0 N–H and O–H groups in total. The molecule has 0 heterocycles. The van der Waals surface area contributed by atoms with Crippen LogP contribution in [0, 0.1) is 0 Å². The molecule has 0 spiro atoms. The van der Waals surface area contributed by atoms with Crippen molar-refractivity contribution in [2.45, 2.75) is 19.8 Å². The Labute approximate surface area is 80.6 Å². The lowest BCUT2D eigenvalue weighted by molar-refractivity contribution is 0.863. The minimum Gasteiger partial charge on any atom is -0.0984 e. The van der Waals surface area contributed by atoms with Crippen LogP contribution in [0.15, 0.2) is 31.4 Å². The first-order valence-electron chi connectivity index (χ1n) is 4.58. The smallest absolute Gasteiger partial charge is 0.0155 e. The van der Waals surface area contributed by atoms with E-state index in [9.17, 15) is 0 Å². The zero-order valence-electron chi connectivity index (χ0n) is 8.38. The van der Waals surface area contributed by atoms with Crippen molar-refractivity contribution in [3.05, 3.63) is 48.0 Å². The third-order valence-electron chi connectivity index (χ3n) is 2.22. The van der Waals surface area contributed by atoms with E-state index in [1.165, 1.54) is 16.7 Å². The van der Waals surface area contributed by atoms with Gasteiger partial charge in [0.1, 0.15) is 0 Å². The number of hydrogen-bond donors (Lipinski definition) is 0. The van der Waals surface area contributed by atoms with Crippen molar-refractivity contribution < 1.29 is 0 Å². The molecule has 68 valence electrons. The number of rotatable bonds is 3. The summed E-state index contributed by atoms with van der Waals surface area (Å²) in [6.07, 6.45) is 3.79. The molecule has 0 saturated heterocycles. The van der Waals surface area contributed by atoms with Gasteiger partial charge in [0.2, 0.25) is 0 Å². The third-order valence-corrected chi connectivity index (χ3v) is 2.22. The van der Waals surface area contributed by atoms with Crippen molar-refractivity contribution in [1.29, 1.82) is 0 Å². The van der Waals surface area contributed by atoms with Crippen molar-refractivity contribution in [3.63, 3.8) is 0 Å². The minimum absolute atomic E-state index is 0.535. The summed E-state index contributed by atoms with van der Waals surface area (Å²) in [5.41, 5.74) is 3.72. The van der Waals surface area contributed by atoms with E-state index in [0.717, 1.165) is 0 Å². The molecule has 1 aromatic carbocycles. The highest BCUT2D eigenvalue weighted by molar-refractivity contribution is 5.66. The normalized spacial score (nSPS) is 10.1. The fraction of sp³-hybridized carbons (Fsp3) is 0.231. The number of benzene rings is 1. The van der Waals surface area contributed by atoms with Crippen LogP contribution in [0.1, 0.15) is 36.5 Å². The Morgan fingerprint density at radius 3 is 2.31 bits per heavy atom.